The Hall–Kier alpha value is -2.66. The van der Waals surface area contributed by atoms with Gasteiger partial charge in [0.15, 0.2) is 5.50 Å². The molecular weight excluding hydrogens is 316 g/mol. The lowest BCUT2D eigenvalue weighted by atomic mass is 10.1. The topological polar surface area (TPSA) is 59.0 Å². The predicted molar refractivity (Wildman–Crippen MR) is 86.9 cm³/mol. The highest BCUT2D eigenvalue weighted by Gasteiger charge is 2.34. The smallest absolute Gasteiger partial charge is 0.298 e. The molecule has 23 heavy (non-hydrogen) atoms. The van der Waals surface area contributed by atoms with E-state index >= 15 is 0 Å². The van der Waals surface area contributed by atoms with E-state index in [4.69, 9.17) is 16.3 Å². The quantitative estimate of drug-likeness (QED) is 0.494. The van der Waals surface area contributed by atoms with Gasteiger partial charge in [0.2, 0.25) is 0 Å². The molecule has 116 valence electrons. The number of alkyl halides is 1. The summed E-state index contributed by atoms with van der Waals surface area (Å²) in [5.74, 6) is 0.361. The molecule has 0 saturated carbocycles. The Balaban J connectivity index is 1.83. The molecule has 2 aromatic carbocycles. The first-order valence-corrected chi connectivity index (χ1v) is 7.37. The Kier molecular flexibility index (Phi) is 4.12. The van der Waals surface area contributed by atoms with Crippen LogP contribution in [0.2, 0.25) is 0 Å². The Morgan fingerprint density at radius 3 is 2.26 bits per heavy atom. The molecule has 0 radical (unpaired) electrons. The number of rotatable bonds is 3. The van der Waals surface area contributed by atoms with Crippen LogP contribution in [0, 0.1) is 0 Å². The Morgan fingerprint density at radius 2 is 1.61 bits per heavy atom. The number of aliphatic imine (C=N–C) groups is 1. The highest BCUT2D eigenvalue weighted by molar-refractivity contribution is 6.52. The maximum atomic E-state index is 11.8. The first-order valence-electron chi connectivity index (χ1n) is 6.93. The molecule has 0 bridgehead atoms. The molecule has 5 nitrogen and oxygen atoms in total. The average molecular weight is 329 g/mol. The number of ketones is 1. The molecular formula is C17H13ClN2O3. The fourth-order valence-corrected chi connectivity index (χ4v) is 2.37. The van der Waals surface area contributed by atoms with Crippen LogP contribution in [-0.2, 0) is 9.59 Å². The Bertz CT molecular complexity index is 772. The van der Waals surface area contributed by atoms with E-state index in [1.54, 1.807) is 24.3 Å². The summed E-state index contributed by atoms with van der Waals surface area (Å²) in [5, 5.41) is 0. The zero-order valence-corrected chi connectivity index (χ0v) is 13.0. The standard InChI is InChI=1S/C17H13ClN2O3/c1-20-16(19-15(18)14(21)17(20)22)11-7-9-13(10-8-11)23-12-5-3-2-4-6-12/h2-10,15H,1H3. The van der Waals surface area contributed by atoms with Crippen molar-refractivity contribution < 1.29 is 14.3 Å². The molecule has 1 unspecified atom stereocenters. The van der Waals surface area contributed by atoms with Gasteiger partial charge in [0, 0.05) is 12.6 Å². The third-order valence-electron chi connectivity index (χ3n) is 3.38. The summed E-state index contributed by atoms with van der Waals surface area (Å²) in [6.45, 7) is 0. The van der Waals surface area contributed by atoms with Gasteiger partial charge in [-0.25, -0.2) is 4.99 Å². The van der Waals surface area contributed by atoms with E-state index in [-0.39, 0.29) is 0 Å². The number of carbonyl (C=O) groups is 2. The summed E-state index contributed by atoms with van der Waals surface area (Å²) in [4.78, 5) is 28.6. The van der Waals surface area contributed by atoms with Crippen LogP contribution in [0.25, 0.3) is 0 Å². The Morgan fingerprint density at radius 1 is 1.00 bits per heavy atom. The van der Waals surface area contributed by atoms with E-state index in [1.165, 1.54) is 11.9 Å². The van der Waals surface area contributed by atoms with Crippen LogP contribution in [0.15, 0.2) is 59.6 Å². The number of halogens is 1. The van der Waals surface area contributed by atoms with Crippen LogP contribution in [-0.4, -0.2) is 35.0 Å². The lowest BCUT2D eigenvalue weighted by molar-refractivity contribution is -0.141. The number of hydrogen-bond donors (Lipinski definition) is 0. The SMILES string of the molecule is CN1C(=O)C(=O)C(Cl)N=C1c1ccc(Oc2ccccc2)cc1. The van der Waals surface area contributed by atoms with Gasteiger partial charge in [-0.1, -0.05) is 29.8 Å². The molecule has 1 amide bonds. The fraction of sp³-hybridized carbons (Fsp3) is 0.118. The van der Waals surface area contributed by atoms with Crippen LogP contribution >= 0.6 is 11.6 Å². The minimum absolute atomic E-state index is 0.362. The third kappa shape index (κ3) is 3.10. The van der Waals surface area contributed by atoms with E-state index in [2.05, 4.69) is 4.99 Å². The zero-order valence-electron chi connectivity index (χ0n) is 12.3. The number of amides is 1. The number of likely N-dealkylation sites (N-methyl/N-ethyl adjacent to an activating group) is 1. The van der Waals surface area contributed by atoms with Crippen molar-refractivity contribution in [1.82, 2.24) is 4.90 Å². The summed E-state index contributed by atoms with van der Waals surface area (Å²) >= 11 is 5.80. The molecule has 1 atom stereocenters. The molecule has 1 heterocycles. The first-order chi connectivity index (χ1) is 11.1. The van der Waals surface area contributed by atoms with Crippen molar-refractivity contribution >= 4 is 29.1 Å². The van der Waals surface area contributed by atoms with Gasteiger partial charge in [0.25, 0.3) is 11.7 Å². The highest BCUT2D eigenvalue weighted by Crippen LogP contribution is 2.23. The zero-order chi connectivity index (χ0) is 16.4. The highest BCUT2D eigenvalue weighted by atomic mass is 35.5. The Labute approximate surface area is 138 Å². The lowest BCUT2D eigenvalue weighted by Crippen LogP contribution is -2.46. The van der Waals surface area contributed by atoms with Crippen molar-refractivity contribution in [2.24, 2.45) is 4.99 Å². The van der Waals surface area contributed by atoms with Gasteiger partial charge in [-0.2, -0.15) is 0 Å². The summed E-state index contributed by atoms with van der Waals surface area (Å²) < 4.78 is 5.71. The van der Waals surface area contributed by atoms with Gasteiger partial charge in [-0.05, 0) is 36.4 Å². The molecule has 6 heteroatoms. The van der Waals surface area contributed by atoms with Gasteiger partial charge in [0.05, 0.1) is 0 Å². The van der Waals surface area contributed by atoms with E-state index in [0.717, 1.165) is 5.75 Å². The van der Waals surface area contributed by atoms with Gasteiger partial charge < -0.3 is 4.74 Å². The van der Waals surface area contributed by atoms with Crippen LogP contribution in [0.1, 0.15) is 5.56 Å². The van der Waals surface area contributed by atoms with Crippen LogP contribution in [0.5, 0.6) is 11.5 Å². The molecule has 0 saturated heterocycles. The van der Waals surface area contributed by atoms with E-state index in [0.29, 0.717) is 17.1 Å². The summed E-state index contributed by atoms with van der Waals surface area (Å²) in [7, 11) is 1.50. The normalized spacial score (nSPS) is 17.9. The molecule has 1 aliphatic heterocycles. The first kappa shape index (κ1) is 15.2. The monoisotopic (exact) mass is 328 g/mol. The van der Waals surface area contributed by atoms with Gasteiger partial charge in [0.1, 0.15) is 17.3 Å². The van der Waals surface area contributed by atoms with Crippen molar-refractivity contribution in [3.63, 3.8) is 0 Å². The molecule has 0 fully saturated rings. The molecule has 1 aliphatic rings. The number of ether oxygens (including phenoxy) is 1. The molecule has 0 N–H and O–H groups in total. The average Bonchev–Trinajstić information content (AvgIpc) is 2.58. The van der Waals surface area contributed by atoms with E-state index < -0.39 is 17.2 Å². The van der Waals surface area contributed by atoms with E-state index in [1.807, 2.05) is 30.3 Å². The summed E-state index contributed by atoms with van der Waals surface area (Å²) in [5.41, 5.74) is -0.492. The van der Waals surface area contributed by atoms with Crippen LogP contribution in [0.3, 0.4) is 0 Å². The van der Waals surface area contributed by atoms with Gasteiger partial charge in [-0.15, -0.1) is 0 Å². The second-order valence-electron chi connectivity index (χ2n) is 4.96. The summed E-state index contributed by atoms with van der Waals surface area (Å²) in [6, 6.07) is 16.5. The molecule has 0 aromatic heterocycles. The minimum Gasteiger partial charge on any atom is -0.457 e. The molecule has 0 spiro atoms. The van der Waals surface area contributed by atoms with Crippen molar-refractivity contribution in [1.29, 1.82) is 0 Å². The number of carbonyl (C=O) groups excluding carboxylic acids is 2. The minimum atomic E-state index is -1.17. The number of nitrogens with zero attached hydrogens (tertiary/aromatic N) is 2. The van der Waals surface area contributed by atoms with Crippen LogP contribution < -0.4 is 4.74 Å². The van der Waals surface area contributed by atoms with Gasteiger partial charge >= 0.3 is 0 Å². The second-order valence-corrected chi connectivity index (χ2v) is 5.37. The number of hydrogen-bond acceptors (Lipinski definition) is 4. The fourth-order valence-electron chi connectivity index (χ4n) is 2.18. The predicted octanol–water partition coefficient (Wildman–Crippen LogP) is 2.83. The number of benzene rings is 2. The van der Waals surface area contributed by atoms with Crippen molar-refractivity contribution in [3.8, 4) is 11.5 Å². The number of amidine groups is 1. The van der Waals surface area contributed by atoms with Crippen molar-refractivity contribution in [3.05, 3.63) is 60.2 Å². The maximum absolute atomic E-state index is 11.8. The lowest BCUT2D eigenvalue weighted by Gasteiger charge is -2.24. The molecule has 3 rings (SSSR count). The maximum Gasteiger partial charge on any atom is 0.298 e. The summed E-state index contributed by atoms with van der Waals surface area (Å²) in [6.07, 6.45) is 0. The largest absolute Gasteiger partial charge is 0.457 e. The van der Waals surface area contributed by atoms with Gasteiger partial charge in [-0.3, -0.25) is 14.5 Å². The van der Waals surface area contributed by atoms with Crippen molar-refractivity contribution in [2.75, 3.05) is 7.05 Å². The molecule has 0 aliphatic carbocycles. The number of para-hydroxylation sites is 1. The van der Waals surface area contributed by atoms with E-state index in [9.17, 15) is 9.59 Å². The third-order valence-corrected chi connectivity index (χ3v) is 3.67. The number of Topliss-reactive ketones (excluding diaryl/α,β-unsaturated/α-hetero) is 1. The second kappa shape index (κ2) is 6.22. The molecule has 2 aromatic rings. The van der Waals surface area contributed by atoms with Crippen molar-refractivity contribution in [2.45, 2.75) is 5.50 Å². The van der Waals surface area contributed by atoms with Crippen LogP contribution in [0.4, 0.5) is 0 Å².